The lowest BCUT2D eigenvalue weighted by Crippen LogP contribution is -2.53. The lowest BCUT2D eigenvalue weighted by atomic mass is 9.89. The quantitative estimate of drug-likeness (QED) is 0.549. The zero-order valence-electron chi connectivity index (χ0n) is 10.1. The van der Waals surface area contributed by atoms with Crippen LogP contribution in [-0.4, -0.2) is 18.1 Å². The largest absolute Gasteiger partial charge is 0.329 e. The van der Waals surface area contributed by atoms with Crippen molar-refractivity contribution in [2.75, 3.05) is 6.54 Å². The first kappa shape index (κ1) is 12.5. The number of nitrogens with one attached hydrogen (secondary N) is 1. The van der Waals surface area contributed by atoms with Gasteiger partial charge in [-0.1, -0.05) is 25.7 Å². The third-order valence-corrected chi connectivity index (χ3v) is 3.63. The van der Waals surface area contributed by atoms with E-state index in [1.807, 2.05) is 6.92 Å². The van der Waals surface area contributed by atoms with Crippen molar-refractivity contribution in [2.24, 2.45) is 11.7 Å². The number of rotatable bonds is 3. The summed E-state index contributed by atoms with van der Waals surface area (Å²) in [6.45, 7) is 5.06. The van der Waals surface area contributed by atoms with E-state index in [0.29, 0.717) is 6.54 Å². The van der Waals surface area contributed by atoms with Crippen molar-refractivity contribution in [3.63, 3.8) is 0 Å². The Labute approximate surface area is 94.0 Å². The minimum absolute atomic E-state index is 0.0938. The maximum absolute atomic E-state index is 5.93. The fourth-order valence-corrected chi connectivity index (χ4v) is 2.49. The van der Waals surface area contributed by atoms with Crippen LogP contribution in [0.2, 0.25) is 0 Å². The van der Waals surface area contributed by atoms with Crippen LogP contribution < -0.4 is 11.1 Å². The zero-order chi connectivity index (χ0) is 11.3. The maximum Gasteiger partial charge on any atom is 0.0663 e. The first-order chi connectivity index (χ1) is 7.12. The molecular formula is C13H24N2. The Hall–Kier alpha value is -0.520. The number of hydrogen-bond acceptors (Lipinski definition) is 2. The van der Waals surface area contributed by atoms with E-state index >= 15 is 0 Å². The van der Waals surface area contributed by atoms with E-state index in [9.17, 15) is 0 Å². The second kappa shape index (κ2) is 5.53. The third-order valence-electron chi connectivity index (χ3n) is 3.63. The van der Waals surface area contributed by atoms with Crippen LogP contribution in [0.3, 0.4) is 0 Å². The van der Waals surface area contributed by atoms with E-state index < -0.39 is 0 Å². The van der Waals surface area contributed by atoms with Crippen molar-refractivity contribution in [3.8, 4) is 12.3 Å². The molecule has 0 spiro atoms. The molecule has 3 unspecified atom stereocenters. The molecule has 3 atom stereocenters. The van der Waals surface area contributed by atoms with Crippen LogP contribution in [-0.2, 0) is 0 Å². The lowest BCUT2D eigenvalue weighted by molar-refractivity contribution is 0.280. The van der Waals surface area contributed by atoms with Crippen LogP contribution in [0.15, 0.2) is 0 Å². The van der Waals surface area contributed by atoms with E-state index in [-0.39, 0.29) is 11.6 Å². The van der Waals surface area contributed by atoms with E-state index in [4.69, 9.17) is 12.2 Å². The summed E-state index contributed by atoms with van der Waals surface area (Å²) in [5, 5.41) is 3.53. The van der Waals surface area contributed by atoms with Gasteiger partial charge in [-0.3, -0.25) is 5.32 Å². The van der Waals surface area contributed by atoms with Gasteiger partial charge in [0.25, 0.3) is 0 Å². The molecule has 86 valence electrons. The van der Waals surface area contributed by atoms with Gasteiger partial charge in [-0.15, -0.1) is 6.42 Å². The average molecular weight is 208 g/mol. The van der Waals surface area contributed by atoms with Gasteiger partial charge >= 0.3 is 0 Å². The molecule has 1 rings (SSSR count). The molecule has 0 heterocycles. The van der Waals surface area contributed by atoms with Crippen LogP contribution in [0.5, 0.6) is 0 Å². The van der Waals surface area contributed by atoms with Crippen LogP contribution in [0.4, 0.5) is 0 Å². The Morgan fingerprint density at radius 2 is 2.27 bits per heavy atom. The van der Waals surface area contributed by atoms with Crippen molar-refractivity contribution < 1.29 is 0 Å². The summed E-state index contributed by atoms with van der Waals surface area (Å²) in [6.07, 6.45) is 11.6. The Kier molecular flexibility index (Phi) is 4.63. The fourth-order valence-electron chi connectivity index (χ4n) is 2.49. The average Bonchev–Trinajstić information content (AvgIpc) is 2.42. The monoisotopic (exact) mass is 208 g/mol. The Bertz CT molecular complexity index is 231. The first-order valence-electron chi connectivity index (χ1n) is 6.06. The maximum atomic E-state index is 5.93. The Morgan fingerprint density at radius 3 is 2.87 bits per heavy atom. The second-order valence-electron chi connectivity index (χ2n) is 5.05. The van der Waals surface area contributed by atoms with Crippen LogP contribution >= 0.6 is 0 Å². The van der Waals surface area contributed by atoms with Crippen LogP contribution in [0.25, 0.3) is 0 Å². The highest BCUT2D eigenvalue weighted by Gasteiger charge is 2.31. The fraction of sp³-hybridized carbons (Fsp3) is 0.846. The summed E-state index contributed by atoms with van der Waals surface area (Å²) >= 11 is 0. The molecule has 1 aliphatic carbocycles. The molecule has 0 aliphatic heterocycles. The van der Waals surface area contributed by atoms with Crippen LogP contribution in [0.1, 0.15) is 46.0 Å². The van der Waals surface area contributed by atoms with Gasteiger partial charge in [0.15, 0.2) is 0 Å². The van der Waals surface area contributed by atoms with Crippen molar-refractivity contribution >= 4 is 0 Å². The van der Waals surface area contributed by atoms with Gasteiger partial charge in [0, 0.05) is 12.1 Å². The molecule has 2 heteroatoms. The molecule has 3 N–H and O–H groups in total. The van der Waals surface area contributed by atoms with Gasteiger partial charge in [0.2, 0.25) is 0 Å². The molecule has 2 nitrogen and oxygen atoms in total. The predicted molar refractivity (Wildman–Crippen MR) is 65.5 cm³/mol. The van der Waals surface area contributed by atoms with Gasteiger partial charge in [0.05, 0.1) is 6.04 Å². The Morgan fingerprint density at radius 1 is 1.53 bits per heavy atom. The normalized spacial score (nSPS) is 34.1. The smallest absolute Gasteiger partial charge is 0.0663 e. The minimum Gasteiger partial charge on any atom is -0.329 e. The molecule has 15 heavy (non-hydrogen) atoms. The first-order valence-corrected chi connectivity index (χ1v) is 6.06. The summed E-state index contributed by atoms with van der Waals surface area (Å²) in [7, 11) is 0. The highest BCUT2D eigenvalue weighted by atomic mass is 15.0. The summed E-state index contributed by atoms with van der Waals surface area (Å²) < 4.78 is 0. The Balaban J connectivity index is 2.62. The number of hydrogen-bond donors (Lipinski definition) is 2. The van der Waals surface area contributed by atoms with E-state index in [1.165, 1.54) is 25.7 Å². The molecule has 0 aromatic heterocycles. The molecule has 0 amide bonds. The molecule has 1 fully saturated rings. The van der Waals surface area contributed by atoms with Gasteiger partial charge in [0.1, 0.15) is 0 Å². The van der Waals surface area contributed by atoms with Gasteiger partial charge in [-0.2, -0.15) is 0 Å². The lowest BCUT2D eigenvalue weighted by Gasteiger charge is -2.34. The van der Waals surface area contributed by atoms with E-state index in [0.717, 1.165) is 12.3 Å². The van der Waals surface area contributed by atoms with Gasteiger partial charge in [-0.05, 0) is 32.1 Å². The zero-order valence-corrected chi connectivity index (χ0v) is 10.1. The van der Waals surface area contributed by atoms with Crippen molar-refractivity contribution in [2.45, 2.75) is 57.5 Å². The number of nitrogens with two attached hydrogens (primary N) is 1. The highest BCUT2D eigenvalue weighted by Crippen LogP contribution is 2.29. The van der Waals surface area contributed by atoms with E-state index in [1.54, 1.807) is 0 Å². The van der Waals surface area contributed by atoms with Crippen LogP contribution in [0, 0.1) is 18.3 Å². The van der Waals surface area contributed by atoms with E-state index in [2.05, 4.69) is 18.2 Å². The third kappa shape index (κ3) is 3.52. The van der Waals surface area contributed by atoms with Gasteiger partial charge in [-0.25, -0.2) is 0 Å². The molecule has 0 radical (unpaired) electrons. The van der Waals surface area contributed by atoms with Crippen molar-refractivity contribution in [1.82, 2.24) is 5.32 Å². The molecule has 0 aromatic rings. The van der Waals surface area contributed by atoms with Crippen molar-refractivity contribution in [1.29, 1.82) is 0 Å². The standard InChI is InChI=1S/C13H24N2/c1-4-12(3)15-13(10-14)8-5-6-11(2)7-9-13/h1,11-12,15H,5-10,14H2,2-3H3. The molecular weight excluding hydrogens is 184 g/mol. The summed E-state index contributed by atoms with van der Waals surface area (Å²) in [6, 6.07) is 0.127. The predicted octanol–water partition coefficient (Wildman–Crippen LogP) is 1.90. The summed E-state index contributed by atoms with van der Waals surface area (Å²) in [5.41, 5.74) is 6.02. The summed E-state index contributed by atoms with van der Waals surface area (Å²) in [5.74, 6) is 3.57. The molecule has 0 bridgehead atoms. The topological polar surface area (TPSA) is 38.0 Å². The summed E-state index contributed by atoms with van der Waals surface area (Å²) in [4.78, 5) is 0. The molecule has 0 aromatic carbocycles. The molecule has 1 saturated carbocycles. The SMILES string of the molecule is C#CC(C)NC1(CN)CCCC(C)CC1. The minimum atomic E-state index is 0.0938. The second-order valence-corrected chi connectivity index (χ2v) is 5.05. The molecule has 0 saturated heterocycles. The van der Waals surface area contributed by atoms with Crippen molar-refractivity contribution in [3.05, 3.63) is 0 Å². The highest BCUT2D eigenvalue weighted by molar-refractivity contribution is 5.02. The number of terminal acetylenes is 1. The van der Waals surface area contributed by atoms with Gasteiger partial charge < -0.3 is 5.73 Å². The molecule has 1 aliphatic rings.